The lowest BCUT2D eigenvalue weighted by atomic mass is 10.0. The number of hydrogen-bond donors (Lipinski definition) is 7. The van der Waals surface area contributed by atoms with Gasteiger partial charge < -0.3 is 36.8 Å². The van der Waals surface area contributed by atoms with E-state index in [4.69, 9.17) is 5.73 Å². The summed E-state index contributed by atoms with van der Waals surface area (Å²) in [5.41, 5.74) is 9.52. The summed E-state index contributed by atoms with van der Waals surface area (Å²) in [6, 6.07) is 11.0. The molecule has 3 amide bonds. The van der Waals surface area contributed by atoms with Gasteiger partial charge in [0.05, 0.1) is 6.04 Å². The number of amides is 3. The van der Waals surface area contributed by atoms with Crippen LogP contribution in [0.3, 0.4) is 0 Å². The standard InChI is InChI=1S/C28H32N6O5/c1-15(33-27(37)21(29)11-17-13-30-22-9-5-3-7-19(17)22)25(35)32-16(2)26(36)34-24(28(38)39)12-18-14-31-23-10-6-4-8-20(18)23/h3-10,13-16,21,24,30-31H,11-12,29H2,1-2H3,(H,32,35)(H,33,37)(H,34,36)(H,38,39)/t15-,16-,21-,24-/m0/s1. The molecule has 2 heterocycles. The molecule has 2 aromatic carbocycles. The highest BCUT2D eigenvalue weighted by atomic mass is 16.4. The summed E-state index contributed by atoms with van der Waals surface area (Å²) in [4.78, 5) is 56.1. The molecule has 2 aromatic heterocycles. The molecule has 0 saturated carbocycles. The predicted molar refractivity (Wildman–Crippen MR) is 147 cm³/mol. The van der Waals surface area contributed by atoms with Crippen LogP contribution in [0.4, 0.5) is 0 Å². The van der Waals surface area contributed by atoms with Gasteiger partial charge >= 0.3 is 5.97 Å². The summed E-state index contributed by atoms with van der Waals surface area (Å²) in [6.45, 7) is 2.92. The molecule has 0 bridgehead atoms. The molecular weight excluding hydrogens is 500 g/mol. The van der Waals surface area contributed by atoms with E-state index < -0.39 is 47.9 Å². The van der Waals surface area contributed by atoms with E-state index in [2.05, 4.69) is 25.9 Å². The lowest BCUT2D eigenvalue weighted by Gasteiger charge is -2.21. The normalized spacial score (nSPS) is 14.3. The van der Waals surface area contributed by atoms with Crippen LogP contribution in [0.1, 0.15) is 25.0 Å². The van der Waals surface area contributed by atoms with Gasteiger partial charge in [0.25, 0.3) is 0 Å². The smallest absolute Gasteiger partial charge is 0.326 e. The van der Waals surface area contributed by atoms with Gasteiger partial charge in [0.1, 0.15) is 18.1 Å². The Kier molecular flexibility index (Phi) is 8.30. The Balaban J connectivity index is 1.29. The number of carbonyl (C=O) groups is 4. The number of aromatic nitrogens is 2. The molecule has 0 saturated heterocycles. The minimum Gasteiger partial charge on any atom is -0.480 e. The van der Waals surface area contributed by atoms with E-state index in [1.807, 2.05) is 48.5 Å². The van der Waals surface area contributed by atoms with Crippen LogP contribution in [-0.2, 0) is 32.0 Å². The number of carboxylic acid groups (broad SMARTS) is 1. The summed E-state index contributed by atoms with van der Waals surface area (Å²) in [6.07, 6.45) is 3.85. The number of hydrogen-bond acceptors (Lipinski definition) is 5. The highest BCUT2D eigenvalue weighted by Crippen LogP contribution is 2.20. The fraction of sp³-hybridized carbons (Fsp3) is 0.286. The van der Waals surface area contributed by atoms with Crippen LogP contribution in [0, 0.1) is 0 Å². The minimum absolute atomic E-state index is 0.0620. The van der Waals surface area contributed by atoms with Crippen LogP contribution >= 0.6 is 0 Å². The van der Waals surface area contributed by atoms with Gasteiger partial charge in [0.2, 0.25) is 17.7 Å². The van der Waals surface area contributed by atoms with Gasteiger partial charge in [0.15, 0.2) is 0 Å². The molecule has 4 aromatic rings. The Hall–Kier alpha value is -4.64. The topological polar surface area (TPSA) is 182 Å². The number of aliphatic carboxylic acids is 1. The Labute approximate surface area is 224 Å². The van der Waals surface area contributed by atoms with Crippen molar-refractivity contribution in [2.24, 2.45) is 5.73 Å². The molecule has 0 fully saturated rings. The lowest BCUT2D eigenvalue weighted by molar-refractivity contribution is -0.142. The van der Waals surface area contributed by atoms with Gasteiger partial charge in [-0.25, -0.2) is 4.79 Å². The van der Waals surface area contributed by atoms with Crippen molar-refractivity contribution in [2.45, 2.75) is 50.9 Å². The molecule has 8 N–H and O–H groups in total. The fourth-order valence-corrected chi connectivity index (χ4v) is 4.44. The van der Waals surface area contributed by atoms with Gasteiger partial charge in [-0.2, -0.15) is 0 Å². The molecule has 0 aliphatic carbocycles. The second-order valence-electron chi connectivity index (χ2n) is 9.59. The van der Waals surface area contributed by atoms with Crippen molar-refractivity contribution >= 4 is 45.5 Å². The Morgan fingerprint density at radius 3 is 1.74 bits per heavy atom. The molecule has 11 heteroatoms. The Bertz CT molecular complexity index is 1510. The third-order valence-corrected chi connectivity index (χ3v) is 6.67. The van der Waals surface area contributed by atoms with Crippen LogP contribution in [0.15, 0.2) is 60.9 Å². The Morgan fingerprint density at radius 1 is 0.744 bits per heavy atom. The van der Waals surface area contributed by atoms with Gasteiger partial charge in [-0.05, 0) is 43.5 Å². The van der Waals surface area contributed by atoms with E-state index in [0.29, 0.717) is 0 Å². The molecule has 0 aliphatic heterocycles. The zero-order chi connectivity index (χ0) is 28.1. The average molecular weight is 533 g/mol. The molecule has 4 atom stereocenters. The first-order valence-corrected chi connectivity index (χ1v) is 12.6. The van der Waals surface area contributed by atoms with E-state index in [1.165, 1.54) is 13.8 Å². The summed E-state index contributed by atoms with van der Waals surface area (Å²) in [5, 5.41) is 19.1. The summed E-state index contributed by atoms with van der Waals surface area (Å²) < 4.78 is 0. The fourth-order valence-electron chi connectivity index (χ4n) is 4.44. The first kappa shape index (κ1) is 27.4. The lowest BCUT2D eigenvalue weighted by Crippen LogP contribution is -2.55. The number of fused-ring (bicyclic) bond motifs is 2. The van der Waals surface area contributed by atoms with Crippen molar-refractivity contribution in [1.29, 1.82) is 0 Å². The SMILES string of the molecule is C[C@H](NC(=O)[C@H](C)NC(=O)[C@@H](N)Cc1c[nH]c2ccccc12)C(=O)N[C@@H](Cc1c[nH]c2ccccc12)C(=O)O. The maximum Gasteiger partial charge on any atom is 0.326 e. The number of para-hydroxylation sites is 2. The number of nitrogens with two attached hydrogens (primary N) is 1. The second kappa shape index (κ2) is 11.8. The Morgan fingerprint density at radius 2 is 1.21 bits per heavy atom. The number of carbonyl (C=O) groups excluding carboxylic acids is 3. The highest BCUT2D eigenvalue weighted by molar-refractivity contribution is 5.94. The van der Waals surface area contributed by atoms with Crippen LogP contribution in [0.25, 0.3) is 21.8 Å². The first-order chi connectivity index (χ1) is 18.6. The minimum atomic E-state index is -1.20. The molecule has 0 radical (unpaired) electrons. The van der Waals surface area contributed by atoms with Crippen molar-refractivity contribution < 1.29 is 24.3 Å². The van der Waals surface area contributed by atoms with Crippen molar-refractivity contribution in [2.75, 3.05) is 0 Å². The number of nitrogens with one attached hydrogen (secondary N) is 5. The van der Waals surface area contributed by atoms with Gasteiger partial charge in [-0.15, -0.1) is 0 Å². The number of rotatable bonds is 11. The van der Waals surface area contributed by atoms with Crippen molar-refractivity contribution in [3.05, 3.63) is 72.1 Å². The van der Waals surface area contributed by atoms with E-state index in [0.717, 1.165) is 32.9 Å². The molecule has 0 unspecified atom stereocenters. The maximum atomic E-state index is 12.7. The van der Waals surface area contributed by atoms with Gasteiger partial charge in [0, 0.05) is 40.6 Å². The van der Waals surface area contributed by atoms with E-state index in [-0.39, 0.29) is 12.8 Å². The van der Waals surface area contributed by atoms with Crippen LogP contribution in [0.5, 0.6) is 0 Å². The third-order valence-electron chi connectivity index (χ3n) is 6.67. The second-order valence-corrected chi connectivity index (χ2v) is 9.59. The molecule has 0 aliphatic rings. The third kappa shape index (κ3) is 6.44. The van der Waals surface area contributed by atoms with E-state index in [1.54, 1.807) is 12.4 Å². The average Bonchev–Trinajstić information content (AvgIpc) is 3.52. The molecule has 11 nitrogen and oxygen atoms in total. The van der Waals surface area contributed by atoms with Gasteiger partial charge in [-0.1, -0.05) is 36.4 Å². The largest absolute Gasteiger partial charge is 0.480 e. The first-order valence-electron chi connectivity index (χ1n) is 12.6. The molecule has 4 rings (SSSR count). The van der Waals surface area contributed by atoms with E-state index >= 15 is 0 Å². The summed E-state index contributed by atoms with van der Waals surface area (Å²) in [5.74, 6) is -2.97. The molecule has 39 heavy (non-hydrogen) atoms. The van der Waals surface area contributed by atoms with Crippen molar-refractivity contribution in [1.82, 2.24) is 25.9 Å². The maximum absolute atomic E-state index is 12.7. The molecule has 0 spiro atoms. The predicted octanol–water partition coefficient (Wildman–Crippen LogP) is 1.34. The van der Waals surface area contributed by atoms with Crippen LogP contribution in [-0.4, -0.2) is 62.9 Å². The summed E-state index contributed by atoms with van der Waals surface area (Å²) >= 11 is 0. The molecule has 204 valence electrons. The zero-order valence-corrected chi connectivity index (χ0v) is 21.7. The molecular formula is C28H32N6O5. The number of carboxylic acids is 1. The zero-order valence-electron chi connectivity index (χ0n) is 21.7. The van der Waals surface area contributed by atoms with Crippen LogP contribution in [0.2, 0.25) is 0 Å². The highest BCUT2D eigenvalue weighted by Gasteiger charge is 2.27. The quantitative estimate of drug-likeness (QED) is 0.153. The van der Waals surface area contributed by atoms with E-state index in [9.17, 15) is 24.3 Å². The summed E-state index contributed by atoms with van der Waals surface area (Å²) in [7, 11) is 0. The van der Waals surface area contributed by atoms with Gasteiger partial charge in [-0.3, -0.25) is 14.4 Å². The number of benzene rings is 2. The van der Waals surface area contributed by atoms with Crippen molar-refractivity contribution in [3.63, 3.8) is 0 Å². The van der Waals surface area contributed by atoms with Crippen LogP contribution < -0.4 is 21.7 Å². The van der Waals surface area contributed by atoms with Crippen molar-refractivity contribution in [3.8, 4) is 0 Å². The number of H-pyrrole nitrogens is 2. The monoisotopic (exact) mass is 532 g/mol. The number of aromatic amines is 2.